The molecule has 0 aromatic heterocycles. The van der Waals surface area contributed by atoms with Crippen LogP contribution < -0.4 is 5.32 Å². The zero-order chi connectivity index (χ0) is 17.5. The molecule has 0 bridgehead atoms. The first-order valence-corrected chi connectivity index (χ1v) is 9.98. The molecular weight excluding hydrogens is 441 g/mol. The molecule has 150 valence electrons. The fourth-order valence-corrected chi connectivity index (χ4v) is 3.98. The zero-order valence-electron chi connectivity index (χ0n) is 16.4. The number of guanidine groups is 1. The molecule has 0 aromatic carbocycles. The van der Waals surface area contributed by atoms with Crippen molar-refractivity contribution in [2.24, 2.45) is 10.9 Å². The summed E-state index contributed by atoms with van der Waals surface area (Å²) in [4.78, 5) is 12.5. The Labute approximate surface area is 176 Å². The third kappa shape index (κ3) is 6.35. The monoisotopic (exact) mass is 477 g/mol. The molecule has 3 aliphatic heterocycles. The van der Waals surface area contributed by atoms with E-state index in [2.05, 4.69) is 46.0 Å². The highest BCUT2D eigenvalue weighted by Crippen LogP contribution is 2.18. The SMILES string of the molecule is CCNC(=NCC(C)CN1CCOCC1)N1CCC(N2CC=CC2)C1.I. The summed E-state index contributed by atoms with van der Waals surface area (Å²) in [5.41, 5.74) is 0. The molecule has 0 amide bonds. The van der Waals surface area contributed by atoms with Gasteiger partial charge in [-0.25, -0.2) is 0 Å². The molecule has 3 rings (SSSR count). The summed E-state index contributed by atoms with van der Waals surface area (Å²) in [5, 5.41) is 3.50. The lowest BCUT2D eigenvalue weighted by Gasteiger charge is -2.29. The van der Waals surface area contributed by atoms with E-state index in [0.717, 1.165) is 78.1 Å². The average molecular weight is 477 g/mol. The maximum absolute atomic E-state index is 5.44. The molecule has 0 radical (unpaired) electrons. The number of hydrogen-bond acceptors (Lipinski definition) is 4. The predicted octanol–water partition coefficient (Wildman–Crippen LogP) is 1.48. The highest BCUT2D eigenvalue weighted by atomic mass is 127. The second-order valence-electron chi connectivity index (χ2n) is 7.53. The fourth-order valence-electron chi connectivity index (χ4n) is 3.98. The van der Waals surface area contributed by atoms with E-state index >= 15 is 0 Å². The van der Waals surface area contributed by atoms with Crippen LogP contribution >= 0.6 is 24.0 Å². The maximum atomic E-state index is 5.44. The van der Waals surface area contributed by atoms with E-state index in [9.17, 15) is 0 Å². The summed E-state index contributed by atoms with van der Waals surface area (Å²) in [6, 6.07) is 0.671. The van der Waals surface area contributed by atoms with Gasteiger partial charge in [-0.15, -0.1) is 24.0 Å². The van der Waals surface area contributed by atoms with Crippen molar-refractivity contribution in [1.82, 2.24) is 20.0 Å². The van der Waals surface area contributed by atoms with Gasteiger partial charge < -0.3 is 15.0 Å². The van der Waals surface area contributed by atoms with E-state index in [1.807, 2.05) is 0 Å². The molecule has 0 saturated carbocycles. The van der Waals surface area contributed by atoms with Crippen molar-refractivity contribution >= 4 is 29.9 Å². The van der Waals surface area contributed by atoms with Crippen LogP contribution in [0.25, 0.3) is 0 Å². The molecule has 0 aromatic rings. The molecule has 2 atom stereocenters. The summed E-state index contributed by atoms with van der Waals surface area (Å²) < 4.78 is 5.44. The van der Waals surface area contributed by atoms with Crippen LogP contribution in [0.1, 0.15) is 20.3 Å². The number of ether oxygens (including phenoxy) is 1. The third-order valence-electron chi connectivity index (χ3n) is 5.39. The summed E-state index contributed by atoms with van der Waals surface area (Å²) >= 11 is 0. The second-order valence-corrected chi connectivity index (χ2v) is 7.53. The van der Waals surface area contributed by atoms with Crippen molar-refractivity contribution < 1.29 is 4.74 Å². The molecule has 26 heavy (non-hydrogen) atoms. The largest absolute Gasteiger partial charge is 0.379 e. The van der Waals surface area contributed by atoms with Gasteiger partial charge in [-0.3, -0.25) is 14.8 Å². The van der Waals surface area contributed by atoms with Crippen LogP contribution in [-0.4, -0.2) is 98.8 Å². The molecule has 2 unspecified atom stereocenters. The van der Waals surface area contributed by atoms with Gasteiger partial charge in [0.1, 0.15) is 0 Å². The Kier molecular flexibility index (Phi) is 9.66. The van der Waals surface area contributed by atoms with Gasteiger partial charge in [0.05, 0.1) is 13.2 Å². The molecule has 3 heterocycles. The van der Waals surface area contributed by atoms with Crippen LogP contribution in [0.4, 0.5) is 0 Å². The van der Waals surface area contributed by atoms with Crippen molar-refractivity contribution in [1.29, 1.82) is 0 Å². The highest BCUT2D eigenvalue weighted by molar-refractivity contribution is 14.0. The van der Waals surface area contributed by atoms with Crippen molar-refractivity contribution in [3.8, 4) is 0 Å². The second kappa shape index (κ2) is 11.5. The lowest BCUT2D eigenvalue weighted by Crippen LogP contribution is -2.43. The lowest BCUT2D eigenvalue weighted by atomic mass is 10.1. The molecule has 2 saturated heterocycles. The average Bonchev–Trinajstić information content (AvgIpc) is 3.30. The fraction of sp³-hybridized carbons (Fsp3) is 0.842. The summed E-state index contributed by atoms with van der Waals surface area (Å²) in [7, 11) is 0. The van der Waals surface area contributed by atoms with Gasteiger partial charge in [-0.2, -0.15) is 0 Å². The van der Waals surface area contributed by atoms with Gasteiger partial charge >= 0.3 is 0 Å². The number of nitrogens with zero attached hydrogens (tertiary/aromatic N) is 4. The Morgan fingerprint density at radius 3 is 2.65 bits per heavy atom. The number of likely N-dealkylation sites (tertiary alicyclic amines) is 1. The molecule has 0 spiro atoms. The van der Waals surface area contributed by atoms with Crippen molar-refractivity contribution in [2.45, 2.75) is 26.3 Å². The van der Waals surface area contributed by atoms with Crippen molar-refractivity contribution in [2.75, 3.05) is 72.1 Å². The first-order valence-electron chi connectivity index (χ1n) is 9.98. The molecule has 3 aliphatic rings. The molecule has 0 aliphatic carbocycles. The normalized spacial score (nSPS) is 26.2. The van der Waals surface area contributed by atoms with Gasteiger partial charge in [-0.05, 0) is 19.3 Å². The predicted molar refractivity (Wildman–Crippen MR) is 119 cm³/mol. The molecule has 7 heteroatoms. The number of aliphatic imine (C=N–C) groups is 1. The lowest BCUT2D eigenvalue weighted by molar-refractivity contribution is 0.0323. The minimum Gasteiger partial charge on any atom is -0.379 e. The van der Waals surface area contributed by atoms with E-state index < -0.39 is 0 Å². The van der Waals surface area contributed by atoms with Gasteiger partial charge in [-0.1, -0.05) is 19.1 Å². The van der Waals surface area contributed by atoms with Gasteiger partial charge in [0.2, 0.25) is 0 Å². The molecule has 1 N–H and O–H groups in total. The minimum atomic E-state index is 0. The van der Waals surface area contributed by atoms with Crippen LogP contribution in [-0.2, 0) is 4.74 Å². The number of halogens is 1. The van der Waals surface area contributed by atoms with Crippen LogP contribution in [0, 0.1) is 5.92 Å². The molecular formula is C19H36IN5O. The van der Waals surface area contributed by atoms with Crippen molar-refractivity contribution in [3.05, 3.63) is 12.2 Å². The molecule has 2 fully saturated rings. The maximum Gasteiger partial charge on any atom is 0.193 e. The van der Waals surface area contributed by atoms with Crippen LogP contribution in [0.2, 0.25) is 0 Å². The minimum absolute atomic E-state index is 0. The van der Waals surface area contributed by atoms with Crippen LogP contribution in [0.15, 0.2) is 17.1 Å². The van der Waals surface area contributed by atoms with E-state index in [1.165, 1.54) is 6.42 Å². The Balaban J connectivity index is 0.00000243. The highest BCUT2D eigenvalue weighted by Gasteiger charge is 2.29. The van der Waals surface area contributed by atoms with Gasteiger partial charge in [0, 0.05) is 64.9 Å². The van der Waals surface area contributed by atoms with Gasteiger partial charge in [0.25, 0.3) is 0 Å². The van der Waals surface area contributed by atoms with Crippen LogP contribution in [0.5, 0.6) is 0 Å². The first kappa shape index (κ1) is 21.9. The topological polar surface area (TPSA) is 43.3 Å². The quantitative estimate of drug-likeness (QED) is 0.272. The number of rotatable bonds is 6. The van der Waals surface area contributed by atoms with Crippen molar-refractivity contribution in [3.63, 3.8) is 0 Å². The van der Waals surface area contributed by atoms with E-state index in [1.54, 1.807) is 0 Å². The Morgan fingerprint density at radius 2 is 1.96 bits per heavy atom. The molecule has 6 nitrogen and oxygen atoms in total. The van der Waals surface area contributed by atoms with Gasteiger partial charge in [0.15, 0.2) is 5.96 Å². The Morgan fingerprint density at radius 1 is 1.23 bits per heavy atom. The summed E-state index contributed by atoms with van der Waals surface area (Å²) in [6.45, 7) is 15.7. The number of nitrogens with one attached hydrogen (secondary N) is 1. The van der Waals surface area contributed by atoms with E-state index in [-0.39, 0.29) is 24.0 Å². The number of morpholine rings is 1. The summed E-state index contributed by atoms with van der Waals surface area (Å²) in [6.07, 6.45) is 5.82. The number of hydrogen-bond donors (Lipinski definition) is 1. The van der Waals surface area contributed by atoms with E-state index in [4.69, 9.17) is 9.73 Å². The Bertz CT molecular complexity index is 459. The standard InChI is InChI=1S/C19H35N5O.HI/c1-3-20-19(21-14-17(2)15-22-10-12-25-13-11-22)24-9-6-18(16-24)23-7-4-5-8-23;/h4-5,17-18H,3,6-16H2,1-2H3,(H,20,21);1H. The van der Waals surface area contributed by atoms with E-state index in [0.29, 0.717) is 12.0 Å². The summed E-state index contributed by atoms with van der Waals surface area (Å²) in [5.74, 6) is 1.68. The Hall–Kier alpha value is -0.380. The zero-order valence-corrected chi connectivity index (χ0v) is 18.7. The van der Waals surface area contributed by atoms with Crippen LogP contribution in [0.3, 0.4) is 0 Å². The first-order chi connectivity index (χ1) is 12.3. The smallest absolute Gasteiger partial charge is 0.193 e. The third-order valence-corrected chi connectivity index (χ3v) is 5.39.